The number of carbonyl (C=O) groups is 3. The summed E-state index contributed by atoms with van der Waals surface area (Å²) in [5.74, 6) is 2.04. The Kier molecular flexibility index (Phi) is 17.2. The number of hydrogen-bond acceptors (Lipinski definition) is 13. The number of hydrogen-bond donors (Lipinski definition) is 3. The number of ether oxygens (including phenoxy) is 2. The first kappa shape index (κ1) is 52.4. The highest BCUT2D eigenvalue weighted by molar-refractivity contribution is 5.94. The lowest BCUT2D eigenvalue weighted by atomic mass is 9.91. The SMILES string of the molecule is Cc1ccc(-c2cc(CO)c(C)o2)cc1.Cc1ccc(-c2cc(COc3ccc([C@H](CC(=O)O)c4ccon4)cc3)c(C)o2)cc1.O=C(C[C@@H](c1ccc(O)cc1)c1ccon1)N1C(=O)OC[C@@H]1Cc1ccccc1. The Morgan fingerprint density at radius 3 is 1.69 bits per heavy atom. The minimum Gasteiger partial charge on any atom is -0.508 e. The van der Waals surface area contributed by atoms with E-state index in [1.165, 1.54) is 28.6 Å². The van der Waals surface area contributed by atoms with Gasteiger partial charge in [0.2, 0.25) is 5.91 Å². The third kappa shape index (κ3) is 13.8. The molecular formula is C60H57N3O12. The number of aliphatic carboxylic acids is 1. The number of aryl methyl sites for hydroxylation is 4. The molecule has 15 nitrogen and oxygen atoms in total. The summed E-state index contributed by atoms with van der Waals surface area (Å²) in [6.45, 7) is 8.47. The van der Waals surface area contributed by atoms with Crippen LogP contribution in [0.15, 0.2) is 182 Å². The average Bonchev–Trinajstić information content (AvgIpc) is 4.29. The number of aliphatic hydroxyl groups excluding tert-OH is 1. The molecule has 0 spiro atoms. The van der Waals surface area contributed by atoms with E-state index in [0.29, 0.717) is 30.2 Å². The van der Waals surface area contributed by atoms with Gasteiger partial charge in [-0.25, -0.2) is 9.69 Å². The number of carboxylic acids is 1. The molecule has 4 aromatic heterocycles. The van der Waals surface area contributed by atoms with Gasteiger partial charge < -0.3 is 42.7 Å². The van der Waals surface area contributed by atoms with Crippen molar-refractivity contribution in [3.63, 3.8) is 0 Å². The number of amides is 2. The molecule has 1 aliphatic heterocycles. The molecule has 0 radical (unpaired) electrons. The Balaban J connectivity index is 0.000000158. The van der Waals surface area contributed by atoms with Crippen molar-refractivity contribution in [2.75, 3.05) is 6.61 Å². The zero-order valence-corrected chi connectivity index (χ0v) is 41.9. The van der Waals surface area contributed by atoms with E-state index < -0.39 is 18.0 Å². The molecule has 10 rings (SSSR count). The van der Waals surface area contributed by atoms with Crippen LogP contribution in [0.4, 0.5) is 4.79 Å². The third-order valence-corrected chi connectivity index (χ3v) is 12.8. The van der Waals surface area contributed by atoms with Crippen molar-refractivity contribution in [2.45, 2.75) is 78.0 Å². The van der Waals surface area contributed by atoms with E-state index in [1.54, 1.807) is 36.4 Å². The van der Waals surface area contributed by atoms with Crippen molar-refractivity contribution in [3.05, 3.63) is 226 Å². The number of imide groups is 1. The summed E-state index contributed by atoms with van der Waals surface area (Å²) in [4.78, 5) is 37.9. The van der Waals surface area contributed by atoms with Gasteiger partial charge in [0.1, 0.15) is 60.3 Å². The van der Waals surface area contributed by atoms with Gasteiger partial charge in [-0.15, -0.1) is 0 Å². The fourth-order valence-electron chi connectivity index (χ4n) is 8.56. The molecule has 1 saturated heterocycles. The highest BCUT2D eigenvalue weighted by atomic mass is 16.6. The number of aromatic hydroxyl groups is 1. The molecule has 3 N–H and O–H groups in total. The average molecular weight is 1010 g/mol. The molecule has 15 heteroatoms. The smallest absolute Gasteiger partial charge is 0.416 e. The molecule has 75 heavy (non-hydrogen) atoms. The molecule has 0 bridgehead atoms. The van der Waals surface area contributed by atoms with Gasteiger partial charge in [0, 0.05) is 52.6 Å². The van der Waals surface area contributed by atoms with Crippen LogP contribution in [0.5, 0.6) is 11.5 Å². The fraction of sp³-hybridized carbons (Fsp3) is 0.217. The highest BCUT2D eigenvalue weighted by Gasteiger charge is 2.39. The molecule has 0 saturated carbocycles. The van der Waals surface area contributed by atoms with Gasteiger partial charge in [-0.05, 0) is 87.2 Å². The molecule has 0 unspecified atom stereocenters. The third-order valence-electron chi connectivity index (χ3n) is 12.8. The summed E-state index contributed by atoms with van der Waals surface area (Å²) < 4.78 is 32.4. The van der Waals surface area contributed by atoms with Crippen molar-refractivity contribution in [1.29, 1.82) is 0 Å². The van der Waals surface area contributed by atoms with Crippen LogP contribution in [0.3, 0.4) is 0 Å². The van der Waals surface area contributed by atoms with E-state index in [9.17, 15) is 24.6 Å². The number of benzene rings is 5. The summed E-state index contributed by atoms with van der Waals surface area (Å²) in [7, 11) is 0. The highest BCUT2D eigenvalue weighted by Crippen LogP contribution is 2.33. The molecule has 384 valence electrons. The lowest BCUT2D eigenvalue weighted by molar-refractivity contribution is -0.137. The standard InChI is InChI=1S/C25H23NO5.C22H20N2O5.C13H14O2/c1-16-3-5-19(6-4-16)24-13-20(17(2)31-24)15-29-21-9-7-18(8-10-21)22(14-25(27)28)23-11-12-30-26-23;25-18-8-6-16(7-9-18)19(20-10-11-29-23-20)13-21(26)24-17(14-28-22(24)27)12-15-4-2-1-3-5-15;1-9-3-5-11(6-4-9)13-7-12(8-14)10(2)15-13/h3-13,22H,14-15H2,1-2H3,(H,27,28);1-11,17,19,25H,12-14H2;3-7,14H,8H2,1-2H3/t22-;17-,19-;/m00./s1. The topological polar surface area (TPSA) is 212 Å². The van der Waals surface area contributed by atoms with Crippen LogP contribution in [0, 0.1) is 27.7 Å². The maximum atomic E-state index is 13.1. The van der Waals surface area contributed by atoms with E-state index in [-0.39, 0.29) is 49.7 Å². The second-order valence-corrected chi connectivity index (χ2v) is 18.2. The van der Waals surface area contributed by atoms with E-state index >= 15 is 0 Å². The first-order chi connectivity index (χ1) is 36.3. The van der Waals surface area contributed by atoms with Gasteiger partial charge in [0.25, 0.3) is 0 Å². The monoisotopic (exact) mass is 1010 g/mol. The summed E-state index contributed by atoms with van der Waals surface area (Å²) in [5.41, 5.74) is 10.2. The Morgan fingerprint density at radius 1 is 0.667 bits per heavy atom. The van der Waals surface area contributed by atoms with Crippen molar-refractivity contribution in [1.82, 2.24) is 15.2 Å². The Hall–Kier alpha value is -8.95. The van der Waals surface area contributed by atoms with Crippen molar-refractivity contribution in [2.24, 2.45) is 0 Å². The number of rotatable bonds is 16. The van der Waals surface area contributed by atoms with Gasteiger partial charge in [-0.1, -0.05) is 125 Å². The van der Waals surface area contributed by atoms with E-state index in [0.717, 1.165) is 62.0 Å². The molecular weight excluding hydrogens is 955 g/mol. The van der Waals surface area contributed by atoms with E-state index in [4.69, 9.17) is 32.5 Å². The van der Waals surface area contributed by atoms with Crippen molar-refractivity contribution in [3.8, 4) is 34.1 Å². The molecule has 3 atom stereocenters. The molecule has 1 fully saturated rings. The van der Waals surface area contributed by atoms with Crippen LogP contribution in [0.25, 0.3) is 22.6 Å². The molecule has 1 aliphatic rings. The van der Waals surface area contributed by atoms with E-state index in [2.05, 4.69) is 36.3 Å². The first-order valence-electron chi connectivity index (χ1n) is 24.3. The lowest BCUT2D eigenvalue weighted by Crippen LogP contribution is -2.40. The van der Waals surface area contributed by atoms with Crippen LogP contribution < -0.4 is 4.74 Å². The summed E-state index contributed by atoms with van der Waals surface area (Å²) in [6, 6.07) is 46.9. The summed E-state index contributed by atoms with van der Waals surface area (Å²) in [5, 5.41) is 35.7. The number of aromatic nitrogens is 2. The number of carbonyl (C=O) groups excluding carboxylic acids is 2. The van der Waals surface area contributed by atoms with Crippen LogP contribution in [0.2, 0.25) is 0 Å². The molecule has 2 amide bonds. The molecule has 5 aromatic carbocycles. The predicted molar refractivity (Wildman–Crippen MR) is 278 cm³/mol. The largest absolute Gasteiger partial charge is 0.508 e. The Labute approximate surface area is 433 Å². The Bertz CT molecular complexity index is 3240. The number of carboxylic acid groups (broad SMARTS) is 1. The zero-order chi connectivity index (χ0) is 52.8. The molecule has 9 aromatic rings. The normalized spacial score (nSPS) is 13.7. The number of nitrogens with zero attached hydrogens (tertiary/aromatic N) is 3. The van der Waals surface area contributed by atoms with Crippen LogP contribution in [0.1, 0.15) is 86.5 Å². The van der Waals surface area contributed by atoms with Gasteiger partial charge in [-0.3, -0.25) is 9.59 Å². The molecule has 5 heterocycles. The maximum absolute atomic E-state index is 13.1. The van der Waals surface area contributed by atoms with Crippen molar-refractivity contribution < 1.29 is 57.1 Å². The summed E-state index contributed by atoms with van der Waals surface area (Å²) >= 11 is 0. The number of phenols is 1. The summed E-state index contributed by atoms with van der Waals surface area (Å²) in [6.07, 6.45) is 2.75. The van der Waals surface area contributed by atoms with Gasteiger partial charge in [-0.2, -0.15) is 0 Å². The minimum absolute atomic E-state index is 0.0255. The van der Waals surface area contributed by atoms with Crippen LogP contribution in [-0.2, 0) is 34.0 Å². The lowest BCUT2D eigenvalue weighted by Gasteiger charge is -2.22. The second-order valence-electron chi connectivity index (χ2n) is 18.2. The number of furan rings is 2. The number of aliphatic hydroxyl groups is 1. The van der Waals surface area contributed by atoms with Crippen LogP contribution in [-0.4, -0.2) is 61.2 Å². The molecule has 0 aliphatic carbocycles. The maximum Gasteiger partial charge on any atom is 0.416 e. The number of cyclic esters (lactones) is 1. The fourth-order valence-corrected chi connectivity index (χ4v) is 8.56. The van der Waals surface area contributed by atoms with Gasteiger partial charge >= 0.3 is 12.1 Å². The minimum atomic E-state index is -0.895. The van der Waals surface area contributed by atoms with Gasteiger partial charge in [0.05, 0.1) is 30.5 Å². The Morgan fingerprint density at radius 2 is 1.19 bits per heavy atom. The van der Waals surface area contributed by atoms with Crippen molar-refractivity contribution >= 4 is 18.0 Å². The quantitative estimate of drug-likeness (QED) is 0.0822. The van der Waals surface area contributed by atoms with Crippen LogP contribution >= 0.6 is 0 Å². The number of phenolic OH excluding ortho intramolecular Hbond substituents is 1. The predicted octanol–water partition coefficient (Wildman–Crippen LogP) is 12.3. The zero-order valence-electron chi connectivity index (χ0n) is 41.9. The van der Waals surface area contributed by atoms with Gasteiger partial charge in [0.15, 0.2) is 0 Å². The second kappa shape index (κ2) is 24.6. The van der Waals surface area contributed by atoms with E-state index in [1.807, 2.05) is 117 Å². The first-order valence-corrected chi connectivity index (χ1v) is 24.3.